The van der Waals surface area contributed by atoms with Gasteiger partial charge in [0.15, 0.2) is 0 Å². The van der Waals surface area contributed by atoms with Gasteiger partial charge in [0, 0.05) is 15.5 Å². The number of halogens is 1. The van der Waals surface area contributed by atoms with Crippen molar-refractivity contribution in [2.45, 2.75) is 64.3 Å². The summed E-state index contributed by atoms with van der Waals surface area (Å²) in [6.45, 7) is 9.74. The van der Waals surface area contributed by atoms with Crippen LogP contribution in [0.25, 0.3) is 0 Å². The highest BCUT2D eigenvalue weighted by Gasteiger charge is 2.85. The summed E-state index contributed by atoms with van der Waals surface area (Å²) in [6.07, 6.45) is 5.98. The van der Waals surface area contributed by atoms with Crippen LogP contribution in [0.3, 0.4) is 0 Å². The third kappa shape index (κ3) is 2.80. The molecular formula is C27H29BrO6. The zero-order chi connectivity index (χ0) is 24.7. The highest BCUT2D eigenvalue weighted by atomic mass is 79.9. The van der Waals surface area contributed by atoms with Crippen LogP contribution in [0.15, 0.2) is 53.0 Å². The molecule has 7 heteroatoms. The van der Waals surface area contributed by atoms with Crippen molar-refractivity contribution in [3.8, 4) is 0 Å². The minimum Gasteiger partial charge on any atom is -0.414 e. The second kappa shape index (κ2) is 7.14. The predicted octanol–water partition coefficient (Wildman–Crippen LogP) is 4.90. The van der Waals surface area contributed by atoms with Crippen molar-refractivity contribution in [3.63, 3.8) is 0 Å². The topological polar surface area (TPSA) is 89.9 Å². The lowest BCUT2D eigenvalue weighted by Crippen LogP contribution is -2.71. The Hall–Kier alpha value is -2.25. The first-order valence-electron chi connectivity index (χ1n) is 11.7. The molecule has 0 radical (unpaired) electrons. The molecule has 5 rings (SSSR count). The summed E-state index contributed by atoms with van der Waals surface area (Å²) in [5.74, 6) is -4.98. The Morgan fingerprint density at radius 3 is 2.47 bits per heavy atom. The van der Waals surface area contributed by atoms with E-state index in [1.54, 1.807) is 36.4 Å². The van der Waals surface area contributed by atoms with Gasteiger partial charge in [-0.1, -0.05) is 55.3 Å². The number of allylic oxidation sites excluding steroid dienone is 2. The van der Waals surface area contributed by atoms with Crippen molar-refractivity contribution < 1.29 is 29.0 Å². The van der Waals surface area contributed by atoms with Crippen LogP contribution < -0.4 is 0 Å². The summed E-state index contributed by atoms with van der Waals surface area (Å²) in [6, 6.07) is 6.56. The molecule has 0 amide bonds. The van der Waals surface area contributed by atoms with Crippen LogP contribution >= 0.6 is 15.9 Å². The number of benzene rings is 1. The Bertz CT molecular complexity index is 1150. The molecule has 1 aromatic carbocycles. The van der Waals surface area contributed by atoms with Gasteiger partial charge in [-0.05, 0) is 55.4 Å². The smallest absolute Gasteiger partial charge is 0.341 e. The fourth-order valence-electron chi connectivity index (χ4n) is 7.00. The van der Waals surface area contributed by atoms with Crippen LogP contribution in [0.5, 0.6) is 0 Å². The van der Waals surface area contributed by atoms with E-state index in [1.807, 2.05) is 20.8 Å². The first-order valence-corrected chi connectivity index (χ1v) is 12.5. The molecule has 0 spiro atoms. The van der Waals surface area contributed by atoms with Crippen LogP contribution in [0.2, 0.25) is 0 Å². The van der Waals surface area contributed by atoms with Gasteiger partial charge in [-0.2, -0.15) is 0 Å². The zero-order valence-corrected chi connectivity index (χ0v) is 21.2. The molecule has 0 unspecified atom stereocenters. The van der Waals surface area contributed by atoms with Crippen molar-refractivity contribution in [2.75, 3.05) is 0 Å². The largest absolute Gasteiger partial charge is 0.414 e. The standard InChI is InChI=1S/C27H29BrO6/c1-5-24(4)13-14-26(32)18(15-24)19(29)27(33-20(30)16-7-9-17(28)10-8-16)21-23(2,3)11-6-12-25(21,26)22(31)34-27/h5,7-10,15,21,32H,1,6,11-14H2,2-4H3/t21-,24-,25-,26+,27+/m0/s1. The van der Waals surface area contributed by atoms with Gasteiger partial charge in [-0.15, -0.1) is 6.58 Å². The fraction of sp³-hybridized carbons (Fsp3) is 0.519. The Labute approximate surface area is 207 Å². The Morgan fingerprint density at radius 1 is 1.15 bits per heavy atom. The molecule has 4 aliphatic rings. The average Bonchev–Trinajstić information content (AvgIpc) is 3.04. The number of hydrogen-bond donors (Lipinski definition) is 1. The maximum atomic E-state index is 14.2. The molecule has 2 bridgehead atoms. The summed E-state index contributed by atoms with van der Waals surface area (Å²) in [7, 11) is 0. The molecule has 2 saturated carbocycles. The van der Waals surface area contributed by atoms with Crippen molar-refractivity contribution in [3.05, 3.63) is 58.6 Å². The minimum absolute atomic E-state index is 0.101. The molecule has 3 aliphatic carbocycles. The van der Waals surface area contributed by atoms with Gasteiger partial charge in [0.1, 0.15) is 11.0 Å². The van der Waals surface area contributed by atoms with E-state index in [9.17, 15) is 19.5 Å². The fourth-order valence-corrected chi connectivity index (χ4v) is 7.26. The van der Waals surface area contributed by atoms with Crippen molar-refractivity contribution >= 4 is 33.7 Å². The molecule has 1 heterocycles. The molecule has 0 aromatic heterocycles. The van der Waals surface area contributed by atoms with Crippen LogP contribution in [0.1, 0.15) is 63.2 Å². The lowest BCUT2D eigenvalue weighted by atomic mass is 9.42. The summed E-state index contributed by atoms with van der Waals surface area (Å²) in [4.78, 5) is 41.2. The van der Waals surface area contributed by atoms with E-state index in [1.165, 1.54) is 0 Å². The van der Waals surface area contributed by atoms with Gasteiger partial charge in [0.25, 0.3) is 0 Å². The highest BCUT2D eigenvalue weighted by Crippen LogP contribution is 2.72. The van der Waals surface area contributed by atoms with E-state index in [-0.39, 0.29) is 17.6 Å². The van der Waals surface area contributed by atoms with Crippen LogP contribution in [-0.4, -0.2) is 34.2 Å². The number of esters is 2. The van der Waals surface area contributed by atoms with Crippen molar-refractivity contribution in [2.24, 2.45) is 22.2 Å². The molecule has 1 aromatic rings. The Kier molecular flexibility index (Phi) is 4.93. The van der Waals surface area contributed by atoms with E-state index in [0.29, 0.717) is 25.7 Å². The minimum atomic E-state index is -2.12. The SMILES string of the molecule is C=C[C@]1(C)C=C2C(=O)[C@@]3(OC(=O)c4ccc(Br)cc4)OC(=O)[C@@]4(CCCC(C)(C)[C@H]34)[C@@]2(O)CC1. The molecular weight excluding hydrogens is 500 g/mol. The number of ether oxygens (including phenoxy) is 2. The van der Waals surface area contributed by atoms with Crippen LogP contribution in [0.4, 0.5) is 0 Å². The molecule has 3 fully saturated rings. The quantitative estimate of drug-likeness (QED) is 0.443. The monoisotopic (exact) mass is 528 g/mol. The number of hydrogen-bond acceptors (Lipinski definition) is 6. The first-order chi connectivity index (χ1) is 15.9. The van der Waals surface area contributed by atoms with Crippen molar-refractivity contribution in [1.82, 2.24) is 0 Å². The molecule has 34 heavy (non-hydrogen) atoms. The Balaban J connectivity index is 1.73. The predicted molar refractivity (Wildman–Crippen MR) is 128 cm³/mol. The summed E-state index contributed by atoms with van der Waals surface area (Å²) >= 11 is 3.34. The Morgan fingerprint density at radius 2 is 1.82 bits per heavy atom. The third-order valence-electron chi connectivity index (χ3n) is 8.69. The zero-order valence-electron chi connectivity index (χ0n) is 19.7. The maximum Gasteiger partial charge on any atom is 0.341 e. The second-order valence-corrected chi connectivity index (χ2v) is 12.1. The molecule has 1 saturated heterocycles. The van der Waals surface area contributed by atoms with Crippen LogP contribution in [-0.2, 0) is 19.1 Å². The van der Waals surface area contributed by atoms with E-state index in [0.717, 1.165) is 4.47 Å². The van der Waals surface area contributed by atoms with Crippen molar-refractivity contribution in [1.29, 1.82) is 0 Å². The van der Waals surface area contributed by atoms with Gasteiger partial charge in [0.2, 0.25) is 5.78 Å². The third-order valence-corrected chi connectivity index (χ3v) is 9.22. The van der Waals surface area contributed by atoms with E-state index >= 15 is 0 Å². The normalized spacial score (nSPS) is 39.9. The molecule has 5 atom stereocenters. The number of rotatable bonds is 3. The van der Waals surface area contributed by atoms with Gasteiger partial charge < -0.3 is 14.6 Å². The lowest BCUT2D eigenvalue weighted by molar-refractivity contribution is -0.234. The van der Waals surface area contributed by atoms with Gasteiger partial charge in [-0.25, -0.2) is 4.79 Å². The van der Waals surface area contributed by atoms with E-state index in [4.69, 9.17) is 9.47 Å². The second-order valence-electron chi connectivity index (χ2n) is 11.2. The number of ketones is 1. The molecule has 180 valence electrons. The number of Topliss-reactive ketones (excluding diaryl/α,β-unsaturated/α-hetero) is 1. The number of fused-ring (bicyclic) bond motifs is 1. The number of aliphatic hydroxyl groups is 1. The van der Waals surface area contributed by atoms with E-state index < -0.39 is 51.3 Å². The molecule has 1 N–H and O–H groups in total. The number of carbonyl (C=O) groups excluding carboxylic acids is 3. The average molecular weight is 529 g/mol. The van der Waals surface area contributed by atoms with Crippen LogP contribution in [0, 0.1) is 22.2 Å². The maximum absolute atomic E-state index is 14.2. The van der Waals surface area contributed by atoms with Gasteiger partial charge in [0.05, 0.1) is 11.5 Å². The summed E-state index contributed by atoms with van der Waals surface area (Å²) in [5, 5.41) is 12.2. The summed E-state index contributed by atoms with van der Waals surface area (Å²) in [5.41, 5.74) is -3.84. The first kappa shape index (κ1) is 23.5. The highest BCUT2D eigenvalue weighted by molar-refractivity contribution is 9.10. The number of carbonyl (C=O) groups is 3. The van der Waals surface area contributed by atoms with Gasteiger partial charge in [-0.3, -0.25) is 9.59 Å². The van der Waals surface area contributed by atoms with Gasteiger partial charge >= 0.3 is 17.7 Å². The summed E-state index contributed by atoms with van der Waals surface area (Å²) < 4.78 is 12.6. The lowest BCUT2D eigenvalue weighted by Gasteiger charge is -2.60. The molecule has 6 nitrogen and oxygen atoms in total. The molecule has 1 aliphatic heterocycles. The van der Waals surface area contributed by atoms with E-state index in [2.05, 4.69) is 22.5 Å².